The summed E-state index contributed by atoms with van der Waals surface area (Å²) in [7, 11) is -3.24. The van der Waals surface area contributed by atoms with Crippen molar-refractivity contribution in [1.82, 2.24) is 4.31 Å². The summed E-state index contributed by atoms with van der Waals surface area (Å²) in [5, 5.41) is 1.67. The predicted molar refractivity (Wildman–Crippen MR) is 58.1 cm³/mol. The van der Waals surface area contributed by atoms with Gasteiger partial charge in [-0.2, -0.15) is 4.31 Å². The summed E-state index contributed by atoms with van der Waals surface area (Å²) < 4.78 is 24.4. The molecule has 0 amide bonds. The predicted octanol–water partition coefficient (Wildman–Crippen LogP) is 1.63. The molecule has 2 heterocycles. The van der Waals surface area contributed by atoms with E-state index in [0.29, 0.717) is 13.1 Å². The molecule has 0 saturated heterocycles. The number of nitrogens with zero attached hydrogens (tertiary/aromatic N) is 1. The van der Waals surface area contributed by atoms with Gasteiger partial charge in [0.1, 0.15) is 5.21 Å². The van der Waals surface area contributed by atoms with E-state index in [1.165, 1.54) is 9.18 Å². The third-order valence-electron chi connectivity index (χ3n) is 2.30. The van der Waals surface area contributed by atoms with E-state index in [4.69, 9.17) is 11.6 Å². The van der Waals surface area contributed by atoms with E-state index in [0.717, 1.165) is 12.0 Å². The molecule has 0 saturated carbocycles. The second kappa shape index (κ2) is 3.81. The highest BCUT2D eigenvalue weighted by Gasteiger charge is 2.26. The highest BCUT2D eigenvalue weighted by Crippen LogP contribution is 2.25. The van der Waals surface area contributed by atoms with Crippen LogP contribution in [0.2, 0.25) is 0 Å². The fourth-order valence-electron chi connectivity index (χ4n) is 1.53. The van der Waals surface area contributed by atoms with Crippen molar-refractivity contribution in [2.24, 2.45) is 0 Å². The molecular weight excluding hydrogens is 242 g/mol. The first-order valence-corrected chi connectivity index (χ1v) is 7.25. The van der Waals surface area contributed by atoms with Crippen LogP contribution in [0.1, 0.15) is 10.4 Å². The van der Waals surface area contributed by atoms with E-state index in [1.54, 1.807) is 11.3 Å². The van der Waals surface area contributed by atoms with Gasteiger partial charge in [-0.1, -0.05) is 0 Å². The van der Waals surface area contributed by atoms with Crippen LogP contribution in [-0.2, 0) is 23.0 Å². The Morgan fingerprint density at radius 3 is 3.07 bits per heavy atom. The fraction of sp³-hybridized carbons (Fsp3) is 0.500. The number of hydrogen-bond donors (Lipinski definition) is 0. The Labute approximate surface area is 92.3 Å². The van der Waals surface area contributed by atoms with E-state index < -0.39 is 10.0 Å². The summed E-state index contributed by atoms with van der Waals surface area (Å²) >= 11 is 7.09. The number of thiophene rings is 1. The maximum Gasteiger partial charge on any atom is 0.228 e. The third kappa shape index (κ3) is 1.82. The molecule has 0 aliphatic carbocycles. The van der Waals surface area contributed by atoms with E-state index in [-0.39, 0.29) is 5.21 Å². The van der Waals surface area contributed by atoms with Gasteiger partial charge >= 0.3 is 0 Å². The van der Waals surface area contributed by atoms with Crippen LogP contribution in [0.25, 0.3) is 0 Å². The molecule has 0 aromatic carbocycles. The largest absolute Gasteiger partial charge is 0.228 e. The molecule has 3 nitrogen and oxygen atoms in total. The summed E-state index contributed by atoms with van der Waals surface area (Å²) in [5.74, 6) is 0. The van der Waals surface area contributed by atoms with Crippen molar-refractivity contribution in [2.45, 2.75) is 13.0 Å². The van der Waals surface area contributed by atoms with Crippen LogP contribution in [-0.4, -0.2) is 24.5 Å². The standard InChI is InChI=1S/C8H10ClNO2S2/c9-6-14(11,12)10-3-1-8-7(5-10)2-4-13-8/h2,4H,1,3,5-6H2. The average molecular weight is 252 g/mol. The van der Waals surface area contributed by atoms with Crippen LogP contribution in [0, 0.1) is 0 Å². The smallest absolute Gasteiger partial charge is 0.211 e. The van der Waals surface area contributed by atoms with Crippen molar-refractivity contribution in [3.8, 4) is 0 Å². The molecule has 6 heteroatoms. The lowest BCUT2D eigenvalue weighted by atomic mass is 10.1. The van der Waals surface area contributed by atoms with Gasteiger partial charge in [0.25, 0.3) is 0 Å². The summed E-state index contributed by atoms with van der Waals surface area (Å²) in [6, 6.07) is 1.98. The molecule has 0 fully saturated rings. The van der Waals surface area contributed by atoms with E-state index >= 15 is 0 Å². The normalized spacial score (nSPS) is 18.1. The van der Waals surface area contributed by atoms with Crippen LogP contribution in [0.3, 0.4) is 0 Å². The molecule has 2 rings (SSSR count). The number of alkyl halides is 1. The van der Waals surface area contributed by atoms with Crippen molar-refractivity contribution in [3.63, 3.8) is 0 Å². The minimum atomic E-state index is -3.24. The summed E-state index contributed by atoms with van der Waals surface area (Å²) in [6.07, 6.45) is 0.809. The molecule has 1 aliphatic rings. The Balaban J connectivity index is 2.23. The number of hydrogen-bond acceptors (Lipinski definition) is 3. The minimum Gasteiger partial charge on any atom is -0.211 e. The quantitative estimate of drug-likeness (QED) is 0.750. The molecule has 1 aliphatic heterocycles. The zero-order chi connectivity index (χ0) is 10.2. The first kappa shape index (κ1) is 10.4. The van der Waals surface area contributed by atoms with E-state index in [1.807, 2.05) is 11.4 Å². The molecule has 0 spiro atoms. The van der Waals surface area contributed by atoms with Gasteiger partial charge < -0.3 is 0 Å². The maximum absolute atomic E-state index is 11.5. The summed E-state index contributed by atoms with van der Waals surface area (Å²) in [5.41, 5.74) is 1.12. The molecule has 0 radical (unpaired) electrons. The number of sulfonamides is 1. The molecular formula is C8H10ClNO2S2. The van der Waals surface area contributed by atoms with Crippen molar-refractivity contribution < 1.29 is 8.42 Å². The Bertz CT molecular complexity index is 426. The Hall–Kier alpha value is -0.100. The zero-order valence-electron chi connectivity index (χ0n) is 7.44. The van der Waals surface area contributed by atoms with Gasteiger partial charge in [0.2, 0.25) is 10.0 Å². The van der Waals surface area contributed by atoms with Gasteiger partial charge in [-0.3, -0.25) is 0 Å². The maximum atomic E-state index is 11.5. The van der Waals surface area contributed by atoms with Gasteiger partial charge in [0.15, 0.2) is 0 Å². The fourth-order valence-corrected chi connectivity index (χ4v) is 3.68. The van der Waals surface area contributed by atoms with E-state index in [2.05, 4.69) is 0 Å². The van der Waals surface area contributed by atoms with Gasteiger partial charge in [0, 0.05) is 18.0 Å². The first-order valence-electron chi connectivity index (χ1n) is 4.22. The molecule has 1 aromatic rings. The number of halogens is 1. The van der Waals surface area contributed by atoms with E-state index in [9.17, 15) is 8.42 Å². The number of rotatable bonds is 2. The minimum absolute atomic E-state index is 0.327. The molecule has 78 valence electrons. The Kier molecular flexibility index (Phi) is 2.83. The molecule has 0 atom stereocenters. The van der Waals surface area contributed by atoms with Gasteiger partial charge in [0.05, 0.1) is 0 Å². The molecule has 14 heavy (non-hydrogen) atoms. The third-order valence-corrected chi connectivity index (χ3v) is 5.53. The SMILES string of the molecule is O=S(=O)(CCl)N1CCc2sccc2C1. The van der Waals surface area contributed by atoms with Crippen molar-refractivity contribution in [2.75, 3.05) is 11.8 Å². The topological polar surface area (TPSA) is 37.4 Å². The van der Waals surface area contributed by atoms with Crippen LogP contribution < -0.4 is 0 Å². The lowest BCUT2D eigenvalue weighted by Crippen LogP contribution is -2.35. The van der Waals surface area contributed by atoms with Gasteiger partial charge in [-0.05, 0) is 23.4 Å². The van der Waals surface area contributed by atoms with Gasteiger partial charge in [-0.15, -0.1) is 22.9 Å². The first-order chi connectivity index (χ1) is 6.63. The van der Waals surface area contributed by atoms with Gasteiger partial charge in [-0.25, -0.2) is 8.42 Å². The molecule has 0 bridgehead atoms. The Morgan fingerprint density at radius 1 is 1.57 bits per heavy atom. The highest BCUT2D eigenvalue weighted by molar-refractivity contribution is 7.90. The average Bonchev–Trinajstić information content (AvgIpc) is 2.64. The van der Waals surface area contributed by atoms with Crippen LogP contribution in [0.15, 0.2) is 11.4 Å². The molecule has 0 unspecified atom stereocenters. The lowest BCUT2D eigenvalue weighted by Gasteiger charge is -2.25. The van der Waals surface area contributed by atoms with Crippen molar-refractivity contribution in [3.05, 3.63) is 21.9 Å². The highest BCUT2D eigenvalue weighted by atomic mass is 35.5. The number of fused-ring (bicyclic) bond motifs is 1. The second-order valence-electron chi connectivity index (χ2n) is 3.17. The van der Waals surface area contributed by atoms with Crippen molar-refractivity contribution >= 4 is 33.0 Å². The van der Waals surface area contributed by atoms with Crippen molar-refractivity contribution in [1.29, 1.82) is 0 Å². The van der Waals surface area contributed by atoms with Crippen LogP contribution >= 0.6 is 22.9 Å². The Morgan fingerprint density at radius 2 is 2.36 bits per heavy atom. The summed E-state index contributed by atoms with van der Waals surface area (Å²) in [6.45, 7) is 1.04. The molecule has 1 aromatic heterocycles. The molecule has 0 N–H and O–H groups in total. The monoisotopic (exact) mass is 251 g/mol. The van der Waals surface area contributed by atoms with Crippen LogP contribution in [0.4, 0.5) is 0 Å². The second-order valence-corrected chi connectivity index (χ2v) is 6.73. The summed E-state index contributed by atoms with van der Waals surface area (Å²) in [4.78, 5) is 1.30. The lowest BCUT2D eigenvalue weighted by molar-refractivity contribution is 0.397. The van der Waals surface area contributed by atoms with Crippen LogP contribution in [0.5, 0.6) is 0 Å². The zero-order valence-corrected chi connectivity index (χ0v) is 9.83.